The number of alkyl halides is 1. The minimum atomic E-state index is -2.03. The van der Waals surface area contributed by atoms with Crippen molar-refractivity contribution < 1.29 is 19.4 Å². The van der Waals surface area contributed by atoms with Gasteiger partial charge in [-0.3, -0.25) is 0 Å². The Morgan fingerprint density at radius 2 is 1.93 bits per heavy atom. The zero-order valence-corrected chi connectivity index (χ0v) is 7.27. The number of phenolic OH excluding ortho intramolecular Hbond substituents is 1. The number of carboxylic acid groups (broad SMARTS) is 1. The molecule has 0 aromatic heterocycles. The first-order valence-electron chi connectivity index (χ1n) is 3.88. The van der Waals surface area contributed by atoms with Gasteiger partial charge in [0.2, 0.25) is 0 Å². The predicted molar refractivity (Wildman–Crippen MR) is 47.6 cm³/mol. The summed E-state index contributed by atoms with van der Waals surface area (Å²) in [5.41, 5.74) is 3.44. The molecule has 0 heterocycles. The average molecular weight is 199 g/mol. The van der Waals surface area contributed by atoms with Crippen molar-refractivity contribution in [3.8, 4) is 5.75 Å². The molecule has 1 atom stereocenters. The van der Waals surface area contributed by atoms with Crippen LogP contribution in [0.15, 0.2) is 24.3 Å². The van der Waals surface area contributed by atoms with E-state index in [-0.39, 0.29) is 11.3 Å². The standard InChI is InChI=1S/C9H10FNO3/c10-5-9(11,8(13)14)6-1-3-7(12)4-2-6/h1-4,12H,5,11H2,(H,13,14). The van der Waals surface area contributed by atoms with E-state index in [0.717, 1.165) is 0 Å². The Hall–Kier alpha value is -1.62. The van der Waals surface area contributed by atoms with E-state index >= 15 is 0 Å². The van der Waals surface area contributed by atoms with Crippen LogP contribution in [0.5, 0.6) is 5.75 Å². The van der Waals surface area contributed by atoms with E-state index in [2.05, 4.69) is 0 Å². The van der Waals surface area contributed by atoms with E-state index < -0.39 is 18.2 Å². The first-order valence-corrected chi connectivity index (χ1v) is 3.88. The number of nitrogens with two attached hydrogens (primary N) is 1. The SMILES string of the molecule is NC(CF)(C(=O)O)c1ccc(O)cc1. The van der Waals surface area contributed by atoms with E-state index in [1.165, 1.54) is 24.3 Å². The summed E-state index contributed by atoms with van der Waals surface area (Å²) >= 11 is 0. The Balaban J connectivity index is 3.13. The normalized spacial score (nSPS) is 14.7. The van der Waals surface area contributed by atoms with E-state index in [1.807, 2.05) is 0 Å². The minimum Gasteiger partial charge on any atom is -0.508 e. The zero-order chi connectivity index (χ0) is 10.8. The maximum atomic E-state index is 12.5. The van der Waals surface area contributed by atoms with Crippen LogP contribution in [0, 0.1) is 0 Å². The van der Waals surface area contributed by atoms with E-state index in [1.54, 1.807) is 0 Å². The molecule has 0 saturated carbocycles. The van der Waals surface area contributed by atoms with Crippen LogP contribution in [0.25, 0.3) is 0 Å². The number of carbonyl (C=O) groups is 1. The lowest BCUT2D eigenvalue weighted by atomic mass is 9.92. The van der Waals surface area contributed by atoms with Gasteiger partial charge in [0.15, 0.2) is 5.54 Å². The van der Waals surface area contributed by atoms with Gasteiger partial charge < -0.3 is 15.9 Å². The molecular formula is C9H10FNO3. The van der Waals surface area contributed by atoms with Gasteiger partial charge in [0.25, 0.3) is 0 Å². The molecule has 1 aromatic rings. The topological polar surface area (TPSA) is 83.6 Å². The Bertz CT molecular complexity index is 338. The van der Waals surface area contributed by atoms with Gasteiger partial charge in [-0.15, -0.1) is 0 Å². The lowest BCUT2D eigenvalue weighted by Crippen LogP contribution is -2.46. The molecule has 0 saturated heterocycles. The Morgan fingerprint density at radius 3 is 2.29 bits per heavy atom. The lowest BCUT2D eigenvalue weighted by molar-refractivity contribution is -0.144. The van der Waals surface area contributed by atoms with Crippen LogP contribution in [0.2, 0.25) is 0 Å². The molecule has 0 aliphatic carbocycles. The van der Waals surface area contributed by atoms with Crippen LogP contribution < -0.4 is 5.73 Å². The summed E-state index contributed by atoms with van der Waals surface area (Å²) in [5.74, 6) is -1.47. The highest BCUT2D eigenvalue weighted by atomic mass is 19.1. The summed E-state index contributed by atoms with van der Waals surface area (Å²) in [6, 6.07) is 5.08. The first-order chi connectivity index (χ1) is 6.50. The molecule has 0 aliphatic heterocycles. The Kier molecular flexibility index (Phi) is 2.71. The monoisotopic (exact) mass is 199 g/mol. The zero-order valence-electron chi connectivity index (χ0n) is 7.27. The Morgan fingerprint density at radius 1 is 1.43 bits per heavy atom. The van der Waals surface area contributed by atoms with Crippen molar-refractivity contribution in [1.82, 2.24) is 0 Å². The number of rotatable bonds is 3. The second-order valence-electron chi connectivity index (χ2n) is 2.96. The number of aliphatic carboxylic acids is 1. The molecule has 4 nitrogen and oxygen atoms in total. The molecular weight excluding hydrogens is 189 g/mol. The molecule has 1 rings (SSSR count). The van der Waals surface area contributed by atoms with Crippen LogP contribution in [0.1, 0.15) is 5.56 Å². The summed E-state index contributed by atoms with van der Waals surface area (Å²) in [6.45, 7) is -1.20. The molecule has 4 N–H and O–H groups in total. The van der Waals surface area contributed by atoms with Crippen LogP contribution in [0.3, 0.4) is 0 Å². The maximum Gasteiger partial charge on any atom is 0.331 e. The number of hydrogen-bond donors (Lipinski definition) is 3. The molecule has 5 heteroatoms. The molecule has 0 fully saturated rings. The summed E-state index contributed by atoms with van der Waals surface area (Å²) in [7, 11) is 0. The van der Waals surface area contributed by atoms with Crippen molar-refractivity contribution in [2.24, 2.45) is 5.73 Å². The summed E-state index contributed by atoms with van der Waals surface area (Å²) < 4.78 is 12.5. The number of benzene rings is 1. The van der Waals surface area contributed by atoms with Crippen LogP contribution in [-0.2, 0) is 10.3 Å². The summed E-state index contributed by atoms with van der Waals surface area (Å²) in [5, 5.41) is 17.7. The van der Waals surface area contributed by atoms with Crippen LogP contribution in [-0.4, -0.2) is 22.9 Å². The van der Waals surface area contributed by atoms with Gasteiger partial charge >= 0.3 is 5.97 Å². The minimum absolute atomic E-state index is 0.0275. The quantitative estimate of drug-likeness (QED) is 0.665. The van der Waals surface area contributed by atoms with E-state index in [4.69, 9.17) is 15.9 Å². The molecule has 1 aromatic carbocycles. The lowest BCUT2D eigenvalue weighted by Gasteiger charge is -2.21. The van der Waals surface area contributed by atoms with Crippen molar-refractivity contribution in [2.45, 2.75) is 5.54 Å². The molecule has 0 aliphatic rings. The molecule has 1 unspecified atom stereocenters. The fourth-order valence-electron chi connectivity index (χ4n) is 1.02. The number of carboxylic acids is 1. The van der Waals surface area contributed by atoms with Gasteiger partial charge in [0.05, 0.1) is 0 Å². The van der Waals surface area contributed by atoms with E-state index in [0.29, 0.717) is 0 Å². The van der Waals surface area contributed by atoms with Crippen molar-refractivity contribution >= 4 is 5.97 Å². The average Bonchev–Trinajstić information content (AvgIpc) is 2.17. The number of phenols is 1. The van der Waals surface area contributed by atoms with Gasteiger partial charge in [0.1, 0.15) is 12.4 Å². The maximum absolute atomic E-state index is 12.5. The van der Waals surface area contributed by atoms with Crippen molar-refractivity contribution in [1.29, 1.82) is 0 Å². The molecule has 76 valence electrons. The highest BCUT2D eigenvalue weighted by Crippen LogP contribution is 2.21. The fourth-order valence-corrected chi connectivity index (χ4v) is 1.02. The van der Waals surface area contributed by atoms with Crippen molar-refractivity contribution in [3.05, 3.63) is 29.8 Å². The smallest absolute Gasteiger partial charge is 0.331 e. The van der Waals surface area contributed by atoms with Crippen LogP contribution >= 0.6 is 0 Å². The van der Waals surface area contributed by atoms with Crippen molar-refractivity contribution in [3.63, 3.8) is 0 Å². The van der Waals surface area contributed by atoms with E-state index in [9.17, 15) is 9.18 Å². The summed E-state index contributed by atoms with van der Waals surface area (Å²) in [6.07, 6.45) is 0. The van der Waals surface area contributed by atoms with Gasteiger partial charge in [-0.25, -0.2) is 9.18 Å². The second-order valence-corrected chi connectivity index (χ2v) is 2.96. The second kappa shape index (κ2) is 3.63. The van der Waals surface area contributed by atoms with Crippen LogP contribution in [0.4, 0.5) is 4.39 Å². The van der Waals surface area contributed by atoms with Gasteiger partial charge in [0, 0.05) is 0 Å². The highest BCUT2D eigenvalue weighted by Gasteiger charge is 2.36. The predicted octanol–water partition coefficient (Wildman–Crippen LogP) is 0.600. The van der Waals surface area contributed by atoms with Gasteiger partial charge in [-0.2, -0.15) is 0 Å². The van der Waals surface area contributed by atoms with Gasteiger partial charge in [-0.1, -0.05) is 12.1 Å². The summed E-state index contributed by atoms with van der Waals surface area (Å²) in [4.78, 5) is 10.7. The van der Waals surface area contributed by atoms with Gasteiger partial charge in [-0.05, 0) is 17.7 Å². The molecule has 0 radical (unpaired) electrons. The molecule has 0 amide bonds. The fraction of sp³-hybridized carbons (Fsp3) is 0.222. The molecule has 0 spiro atoms. The molecule has 14 heavy (non-hydrogen) atoms. The number of aromatic hydroxyl groups is 1. The highest BCUT2D eigenvalue weighted by molar-refractivity contribution is 5.80. The number of halogens is 1. The third kappa shape index (κ3) is 1.67. The number of hydrogen-bond acceptors (Lipinski definition) is 3. The third-order valence-electron chi connectivity index (χ3n) is 1.97. The van der Waals surface area contributed by atoms with Crippen molar-refractivity contribution in [2.75, 3.05) is 6.67 Å². The third-order valence-corrected chi connectivity index (χ3v) is 1.97. The molecule has 0 bridgehead atoms. The Labute approximate surface area is 79.8 Å². The largest absolute Gasteiger partial charge is 0.508 e. The first kappa shape index (κ1) is 10.5.